The van der Waals surface area contributed by atoms with Gasteiger partial charge in [0.25, 0.3) is 0 Å². The van der Waals surface area contributed by atoms with Gasteiger partial charge in [-0.1, -0.05) is 170 Å². The van der Waals surface area contributed by atoms with Crippen molar-refractivity contribution in [3.63, 3.8) is 0 Å². The summed E-state index contributed by atoms with van der Waals surface area (Å²) in [6.45, 7) is 0. The first-order valence-corrected chi connectivity index (χ1v) is 16.7. The first-order chi connectivity index (χ1) is 19.6. The zero-order valence-corrected chi connectivity index (χ0v) is 23.7. The summed E-state index contributed by atoms with van der Waals surface area (Å²) < 4.78 is 30.9. The normalized spacial score (nSPS) is 11.7. The molecule has 6 aromatic carbocycles. The monoisotopic (exact) mass is 554 g/mol. The minimum Gasteiger partial charge on any atom is -0.309 e. The van der Waals surface area contributed by atoms with Gasteiger partial charge in [0.2, 0.25) is 0 Å². The van der Waals surface area contributed by atoms with Gasteiger partial charge in [0.15, 0.2) is 14.3 Å². The van der Waals surface area contributed by atoms with Crippen molar-refractivity contribution in [3.8, 4) is 11.1 Å². The highest BCUT2D eigenvalue weighted by atomic mass is 31.2. The molecule has 0 N–H and O–H groups in total. The maximum Gasteiger partial charge on any atom is 0.171 e. The lowest BCUT2D eigenvalue weighted by atomic mass is 10.1. The maximum atomic E-state index is 15.4. The molecule has 0 spiro atoms. The van der Waals surface area contributed by atoms with E-state index in [4.69, 9.17) is 0 Å². The van der Waals surface area contributed by atoms with Crippen LogP contribution < -0.4 is 31.8 Å². The van der Waals surface area contributed by atoms with Crippen LogP contribution in [0, 0.1) is 0 Å². The Hall–Kier alpha value is -4.22. The lowest BCUT2D eigenvalue weighted by Gasteiger charge is -2.26. The molecule has 0 aliphatic heterocycles. The van der Waals surface area contributed by atoms with E-state index < -0.39 is 14.3 Å². The van der Waals surface area contributed by atoms with Gasteiger partial charge in [-0.15, -0.1) is 0 Å². The van der Waals surface area contributed by atoms with Gasteiger partial charge in [-0.3, -0.25) is 0 Å². The van der Waals surface area contributed by atoms with E-state index in [1.807, 2.05) is 170 Å². The molecule has 0 amide bonds. The first-order valence-electron chi connectivity index (χ1n) is 13.3. The van der Waals surface area contributed by atoms with E-state index in [0.29, 0.717) is 0 Å². The van der Waals surface area contributed by atoms with Crippen molar-refractivity contribution in [2.75, 3.05) is 0 Å². The molecule has 0 fully saturated rings. The quantitative estimate of drug-likeness (QED) is 0.208. The minimum absolute atomic E-state index is 0.729. The minimum atomic E-state index is -3.29. The number of benzene rings is 6. The predicted octanol–water partition coefficient (Wildman–Crippen LogP) is 6.63. The summed E-state index contributed by atoms with van der Waals surface area (Å²) in [5, 5.41) is 4.52. The van der Waals surface area contributed by atoms with Crippen molar-refractivity contribution < 1.29 is 9.13 Å². The van der Waals surface area contributed by atoms with Gasteiger partial charge >= 0.3 is 0 Å². The van der Waals surface area contributed by atoms with Gasteiger partial charge in [0.05, 0.1) is 0 Å². The molecule has 0 unspecified atom stereocenters. The average Bonchev–Trinajstić information content (AvgIpc) is 3.05. The molecule has 4 heteroatoms. The largest absolute Gasteiger partial charge is 0.309 e. The molecule has 0 atom stereocenters. The Morgan fingerprint density at radius 1 is 0.275 bits per heavy atom. The van der Waals surface area contributed by atoms with E-state index in [9.17, 15) is 0 Å². The molecule has 0 aliphatic rings. The maximum absolute atomic E-state index is 15.4. The lowest BCUT2D eigenvalue weighted by molar-refractivity contribution is 0.591. The summed E-state index contributed by atoms with van der Waals surface area (Å²) in [5.41, 5.74) is 1.64. The Balaban J connectivity index is 1.66. The molecule has 2 nitrogen and oxygen atoms in total. The van der Waals surface area contributed by atoms with Gasteiger partial charge < -0.3 is 9.13 Å². The topological polar surface area (TPSA) is 34.1 Å². The fourth-order valence-electron chi connectivity index (χ4n) is 5.36. The Bertz CT molecular complexity index is 1610. The molecule has 6 rings (SSSR count). The van der Waals surface area contributed by atoms with E-state index in [1.165, 1.54) is 0 Å². The third-order valence-electron chi connectivity index (χ3n) is 7.26. The number of hydrogen-bond acceptors (Lipinski definition) is 2. The summed E-state index contributed by atoms with van der Waals surface area (Å²) in [4.78, 5) is 0. The molecule has 0 bridgehead atoms. The van der Waals surface area contributed by atoms with Crippen molar-refractivity contribution in [1.82, 2.24) is 0 Å². The predicted molar refractivity (Wildman–Crippen MR) is 171 cm³/mol. The Morgan fingerprint density at radius 2 is 0.500 bits per heavy atom. The molecule has 6 aromatic rings. The van der Waals surface area contributed by atoms with Crippen LogP contribution in [0.3, 0.4) is 0 Å². The highest BCUT2D eigenvalue weighted by molar-refractivity contribution is 7.86. The fourth-order valence-corrected chi connectivity index (χ4v) is 11.1. The molecular formula is C36H28O2P2. The lowest BCUT2D eigenvalue weighted by Crippen LogP contribution is -2.29. The zero-order chi connectivity index (χ0) is 27.4. The summed E-state index contributed by atoms with van der Waals surface area (Å²) in [5.74, 6) is 0. The SMILES string of the molecule is O=P(c1ccccc1)(c1ccccc1)c1ccccc1-c1ccccc1P(=O)(c1ccccc1)c1ccccc1. The molecule has 40 heavy (non-hydrogen) atoms. The van der Waals surface area contributed by atoms with E-state index >= 15 is 9.13 Å². The van der Waals surface area contributed by atoms with Gasteiger partial charge in [-0.2, -0.15) is 0 Å². The van der Waals surface area contributed by atoms with E-state index in [2.05, 4.69) is 0 Å². The second-order valence-corrected chi connectivity index (χ2v) is 15.1. The van der Waals surface area contributed by atoms with Crippen LogP contribution >= 0.6 is 14.3 Å². The Morgan fingerprint density at radius 3 is 0.775 bits per heavy atom. The van der Waals surface area contributed by atoms with Crippen LogP contribution in [-0.2, 0) is 9.13 Å². The number of rotatable bonds is 7. The van der Waals surface area contributed by atoms with Gasteiger partial charge in [-0.25, -0.2) is 0 Å². The van der Waals surface area contributed by atoms with E-state index in [0.717, 1.165) is 43.0 Å². The first kappa shape index (κ1) is 26.0. The molecule has 0 aliphatic carbocycles. The fraction of sp³-hybridized carbons (Fsp3) is 0. The van der Waals surface area contributed by atoms with Crippen LogP contribution in [0.2, 0.25) is 0 Å². The third-order valence-corrected chi connectivity index (χ3v) is 13.5. The van der Waals surface area contributed by atoms with Crippen LogP contribution in [0.4, 0.5) is 0 Å². The summed E-state index contributed by atoms with van der Waals surface area (Å²) >= 11 is 0. The van der Waals surface area contributed by atoms with Crippen molar-refractivity contribution in [2.45, 2.75) is 0 Å². The number of hydrogen-bond donors (Lipinski definition) is 0. The van der Waals surface area contributed by atoms with Crippen LogP contribution in [-0.4, -0.2) is 0 Å². The Kier molecular flexibility index (Phi) is 7.23. The van der Waals surface area contributed by atoms with Crippen molar-refractivity contribution in [1.29, 1.82) is 0 Å². The summed E-state index contributed by atoms with van der Waals surface area (Å²) in [7, 11) is -6.57. The second-order valence-electron chi connectivity index (χ2n) is 9.60. The van der Waals surface area contributed by atoms with Crippen LogP contribution in [0.25, 0.3) is 11.1 Å². The molecule has 0 aromatic heterocycles. The summed E-state index contributed by atoms with van der Waals surface area (Å²) in [6.07, 6.45) is 0. The van der Waals surface area contributed by atoms with Gasteiger partial charge in [0.1, 0.15) is 0 Å². The molecule has 0 heterocycles. The highest BCUT2D eigenvalue weighted by Gasteiger charge is 2.36. The van der Waals surface area contributed by atoms with Gasteiger partial charge in [0, 0.05) is 31.8 Å². The van der Waals surface area contributed by atoms with Crippen molar-refractivity contribution >= 4 is 46.1 Å². The summed E-state index contributed by atoms with van der Waals surface area (Å²) in [6, 6.07) is 54.5. The zero-order valence-electron chi connectivity index (χ0n) is 21.9. The van der Waals surface area contributed by atoms with E-state index in [-0.39, 0.29) is 0 Å². The smallest absolute Gasteiger partial charge is 0.171 e. The van der Waals surface area contributed by atoms with Crippen LogP contribution in [0.15, 0.2) is 170 Å². The molecule has 0 saturated carbocycles. The van der Waals surface area contributed by atoms with Crippen molar-refractivity contribution in [2.24, 2.45) is 0 Å². The highest BCUT2D eigenvalue weighted by Crippen LogP contribution is 2.48. The third kappa shape index (κ3) is 4.50. The van der Waals surface area contributed by atoms with Gasteiger partial charge in [-0.05, 0) is 11.1 Å². The standard InChI is InChI=1S/C36H28O2P2/c37-39(29-17-5-1-6-18-29,30-19-7-2-8-20-30)35-27-15-13-25-33(35)34-26-14-16-28-36(34)40(38,31-21-9-3-10-22-31)32-23-11-4-12-24-32/h1-28H. The molecule has 194 valence electrons. The van der Waals surface area contributed by atoms with E-state index in [1.54, 1.807) is 0 Å². The Labute approximate surface area is 235 Å². The van der Waals surface area contributed by atoms with Crippen LogP contribution in [0.5, 0.6) is 0 Å². The van der Waals surface area contributed by atoms with Crippen LogP contribution in [0.1, 0.15) is 0 Å². The molecular weight excluding hydrogens is 526 g/mol. The average molecular weight is 555 g/mol. The second kappa shape index (κ2) is 11.1. The molecule has 0 saturated heterocycles. The molecule has 0 radical (unpaired) electrons. The van der Waals surface area contributed by atoms with Crippen molar-refractivity contribution in [3.05, 3.63) is 170 Å².